The zero-order valence-corrected chi connectivity index (χ0v) is 16.8. The molecule has 2 amide bonds. The first-order valence-corrected chi connectivity index (χ1v) is 10.3. The lowest BCUT2D eigenvalue weighted by Crippen LogP contribution is -2.57. The molecule has 3 rings (SSSR count). The minimum atomic E-state index is 0.0655. The molecule has 148 valence electrons. The van der Waals surface area contributed by atoms with E-state index < -0.39 is 0 Å². The number of likely N-dealkylation sites (tertiary alicyclic amines) is 2. The summed E-state index contributed by atoms with van der Waals surface area (Å²) < 4.78 is 5.25. The molecule has 0 saturated carbocycles. The Morgan fingerprint density at radius 3 is 2.67 bits per heavy atom. The van der Waals surface area contributed by atoms with Gasteiger partial charge in [-0.1, -0.05) is 19.9 Å². The number of rotatable bonds is 5. The number of amides is 2. The molecule has 0 aromatic heterocycles. The maximum absolute atomic E-state index is 13.0. The van der Waals surface area contributed by atoms with Gasteiger partial charge in [0, 0.05) is 37.2 Å². The maximum atomic E-state index is 13.0. The van der Waals surface area contributed by atoms with Crippen LogP contribution < -0.4 is 4.74 Å². The van der Waals surface area contributed by atoms with Crippen molar-refractivity contribution in [1.29, 1.82) is 0 Å². The fraction of sp³-hybridized carbons (Fsp3) is 0.636. The molecule has 2 atom stereocenters. The number of carbonyl (C=O) groups excluding carboxylic acids is 2. The summed E-state index contributed by atoms with van der Waals surface area (Å²) in [5, 5.41) is 0. The van der Waals surface area contributed by atoms with Crippen molar-refractivity contribution in [2.75, 3.05) is 26.7 Å². The monoisotopic (exact) mass is 372 g/mol. The van der Waals surface area contributed by atoms with Crippen molar-refractivity contribution in [3.05, 3.63) is 29.8 Å². The fourth-order valence-electron chi connectivity index (χ4n) is 4.67. The minimum absolute atomic E-state index is 0.0655. The molecule has 2 saturated heterocycles. The van der Waals surface area contributed by atoms with Crippen LogP contribution in [0.1, 0.15) is 56.3 Å². The molecule has 0 unspecified atom stereocenters. The number of nitrogens with zero attached hydrogens (tertiary/aromatic N) is 2. The number of piperidine rings is 2. The molecule has 0 N–H and O–H groups in total. The van der Waals surface area contributed by atoms with Gasteiger partial charge in [-0.25, -0.2) is 0 Å². The van der Waals surface area contributed by atoms with Gasteiger partial charge < -0.3 is 14.5 Å². The van der Waals surface area contributed by atoms with Crippen LogP contribution in [0.3, 0.4) is 0 Å². The van der Waals surface area contributed by atoms with Crippen LogP contribution >= 0.6 is 0 Å². The van der Waals surface area contributed by atoms with E-state index in [2.05, 4.69) is 18.7 Å². The first-order chi connectivity index (χ1) is 13.1. The van der Waals surface area contributed by atoms with E-state index >= 15 is 0 Å². The molecule has 0 bridgehead atoms. The van der Waals surface area contributed by atoms with Crippen molar-refractivity contribution in [3.8, 4) is 5.75 Å². The van der Waals surface area contributed by atoms with E-state index in [0.29, 0.717) is 35.7 Å². The molecule has 1 aromatic carbocycles. The van der Waals surface area contributed by atoms with Crippen molar-refractivity contribution in [2.24, 2.45) is 11.8 Å². The average molecular weight is 373 g/mol. The van der Waals surface area contributed by atoms with Crippen LogP contribution in [0.2, 0.25) is 0 Å². The summed E-state index contributed by atoms with van der Waals surface area (Å²) in [6.07, 6.45) is 4.83. The van der Waals surface area contributed by atoms with Crippen molar-refractivity contribution in [2.45, 2.75) is 52.0 Å². The number of carbonyl (C=O) groups is 2. The van der Waals surface area contributed by atoms with Crippen LogP contribution in [0.5, 0.6) is 5.75 Å². The first kappa shape index (κ1) is 19.7. The van der Waals surface area contributed by atoms with E-state index in [1.54, 1.807) is 13.2 Å². The lowest BCUT2D eigenvalue weighted by atomic mass is 9.82. The van der Waals surface area contributed by atoms with E-state index in [4.69, 9.17) is 4.74 Å². The highest BCUT2D eigenvalue weighted by atomic mass is 16.5. The number of fused-ring (bicyclic) bond motifs is 1. The molecule has 0 radical (unpaired) electrons. The van der Waals surface area contributed by atoms with E-state index in [0.717, 1.165) is 45.2 Å². The minimum Gasteiger partial charge on any atom is -0.497 e. The van der Waals surface area contributed by atoms with Gasteiger partial charge in [0.05, 0.1) is 7.11 Å². The molecule has 2 heterocycles. The summed E-state index contributed by atoms with van der Waals surface area (Å²) >= 11 is 0. The molecule has 27 heavy (non-hydrogen) atoms. The topological polar surface area (TPSA) is 49.9 Å². The van der Waals surface area contributed by atoms with E-state index in [1.807, 2.05) is 23.1 Å². The molecule has 5 heteroatoms. The summed E-state index contributed by atoms with van der Waals surface area (Å²) in [7, 11) is 1.61. The fourth-order valence-corrected chi connectivity index (χ4v) is 4.67. The Bertz CT molecular complexity index is 671. The van der Waals surface area contributed by atoms with Gasteiger partial charge in [-0.3, -0.25) is 9.59 Å². The Kier molecular flexibility index (Phi) is 6.40. The summed E-state index contributed by atoms with van der Waals surface area (Å²) in [6, 6.07) is 7.65. The van der Waals surface area contributed by atoms with Crippen LogP contribution in [-0.4, -0.2) is 54.4 Å². The van der Waals surface area contributed by atoms with Gasteiger partial charge in [-0.05, 0) is 56.2 Å². The number of methoxy groups -OCH3 is 1. The highest BCUT2D eigenvalue weighted by Gasteiger charge is 2.40. The average Bonchev–Trinajstić information content (AvgIpc) is 2.73. The highest BCUT2D eigenvalue weighted by Crippen LogP contribution is 2.33. The molecule has 2 fully saturated rings. The Hall–Kier alpha value is -2.04. The summed E-state index contributed by atoms with van der Waals surface area (Å²) in [5.74, 6) is 1.62. The predicted molar refractivity (Wildman–Crippen MR) is 106 cm³/mol. The number of ether oxygens (including phenoxy) is 1. The van der Waals surface area contributed by atoms with Gasteiger partial charge in [0.25, 0.3) is 5.91 Å². The molecule has 0 aliphatic carbocycles. The quantitative estimate of drug-likeness (QED) is 0.794. The second kappa shape index (κ2) is 8.77. The zero-order chi connectivity index (χ0) is 19.4. The van der Waals surface area contributed by atoms with Crippen LogP contribution in [-0.2, 0) is 4.79 Å². The van der Waals surface area contributed by atoms with Gasteiger partial charge >= 0.3 is 0 Å². The number of hydrogen-bond acceptors (Lipinski definition) is 3. The molecule has 0 spiro atoms. The van der Waals surface area contributed by atoms with Crippen LogP contribution in [0.25, 0.3) is 0 Å². The smallest absolute Gasteiger partial charge is 0.253 e. The highest BCUT2D eigenvalue weighted by molar-refractivity contribution is 5.94. The van der Waals surface area contributed by atoms with E-state index in [9.17, 15) is 9.59 Å². The molecule has 1 aromatic rings. The van der Waals surface area contributed by atoms with Crippen LogP contribution in [0.15, 0.2) is 24.3 Å². The SMILES string of the molecule is CCC(CC)C(=O)N1CCC[C@@H]2CN(C(=O)c3cccc(OC)c3)CC[C@H]21. The molecule has 2 aliphatic rings. The van der Waals surface area contributed by atoms with Crippen LogP contribution in [0.4, 0.5) is 0 Å². The maximum Gasteiger partial charge on any atom is 0.253 e. The van der Waals surface area contributed by atoms with Crippen molar-refractivity contribution >= 4 is 11.8 Å². The lowest BCUT2D eigenvalue weighted by molar-refractivity contribution is -0.142. The second-order valence-electron chi connectivity index (χ2n) is 7.79. The van der Waals surface area contributed by atoms with Gasteiger partial charge in [0.15, 0.2) is 0 Å². The Morgan fingerprint density at radius 2 is 1.96 bits per heavy atom. The van der Waals surface area contributed by atoms with Crippen molar-refractivity contribution in [1.82, 2.24) is 9.80 Å². The zero-order valence-electron chi connectivity index (χ0n) is 16.8. The summed E-state index contributed by atoms with van der Waals surface area (Å²) in [4.78, 5) is 30.0. The molecular weight excluding hydrogens is 340 g/mol. The Labute approximate surface area is 162 Å². The van der Waals surface area contributed by atoms with E-state index in [-0.39, 0.29) is 11.8 Å². The Balaban J connectivity index is 1.69. The number of hydrogen-bond donors (Lipinski definition) is 0. The van der Waals surface area contributed by atoms with Gasteiger partial charge in [0.2, 0.25) is 5.91 Å². The lowest BCUT2D eigenvalue weighted by Gasteiger charge is -2.48. The summed E-state index contributed by atoms with van der Waals surface area (Å²) in [5.41, 5.74) is 0.675. The molecule has 2 aliphatic heterocycles. The normalized spacial score (nSPS) is 22.5. The molecule has 5 nitrogen and oxygen atoms in total. The standard InChI is InChI=1S/C22H32N2O3/c1-4-16(5-2)22(26)24-12-7-9-18-15-23(13-11-20(18)24)21(25)17-8-6-10-19(14-17)27-3/h6,8,10,14,16,18,20H,4-5,7,9,11-13,15H2,1-3H3/t18-,20-/m1/s1. The third-order valence-electron chi connectivity index (χ3n) is 6.29. The molecular formula is C22H32N2O3. The predicted octanol–water partition coefficient (Wildman–Crippen LogP) is 3.58. The van der Waals surface area contributed by atoms with Crippen molar-refractivity contribution < 1.29 is 14.3 Å². The van der Waals surface area contributed by atoms with Crippen molar-refractivity contribution in [3.63, 3.8) is 0 Å². The van der Waals surface area contributed by atoms with E-state index in [1.165, 1.54) is 0 Å². The third kappa shape index (κ3) is 4.12. The largest absolute Gasteiger partial charge is 0.497 e. The summed E-state index contributed by atoms with van der Waals surface area (Å²) in [6.45, 7) is 6.53. The van der Waals surface area contributed by atoms with Gasteiger partial charge in [0.1, 0.15) is 5.75 Å². The van der Waals surface area contributed by atoms with Crippen LogP contribution in [0, 0.1) is 11.8 Å². The third-order valence-corrected chi connectivity index (χ3v) is 6.29. The Morgan fingerprint density at radius 1 is 1.19 bits per heavy atom. The number of benzene rings is 1. The van der Waals surface area contributed by atoms with Gasteiger partial charge in [-0.2, -0.15) is 0 Å². The first-order valence-electron chi connectivity index (χ1n) is 10.3. The second-order valence-corrected chi connectivity index (χ2v) is 7.79. The van der Waals surface area contributed by atoms with Gasteiger partial charge in [-0.15, -0.1) is 0 Å².